The normalized spacial score (nSPS) is 22.3. The summed E-state index contributed by atoms with van der Waals surface area (Å²) in [7, 11) is 1.63. The van der Waals surface area contributed by atoms with Gasteiger partial charge >= 0.3 is 0 Å². The summed E-state index contributed by atoms with van der Waals surface area (Å²) < 4.78 is 17.4. The van der Waals surface area contributed by atoms with E-state index < -0.39 is 0 Å². The van der Waals surface area contributed by atoms with Gasteiger partial charge in [0.15, 0.2) is 17.3 Å². The summed E-state index contributed by atoms with van der Waals surface area (Å²) >= 11 is 0. The predicted octanol–water partition coefficient (Wildman–Crippen LogP) is 1.87. The minimum absolute atomic E-state index is 0.0273. The Hall–Kier alpha value is -1.75. The van der Waals surface area contributed by atoms with Gasteiger partial charge in [-0.1, -0.05) is 0 Å². The minimum atomic E-state index is 0.0273. The van der Waals surface area contributed by atoms with Gasteiger partial charge in [0.25, 0.3) is 0 Å². The lowest BCUT2D eigenvalue weighted by Gasteiger charge is -2.16. The van der Waals surface area contributed by atoms with Crippen molar-refractivity contribution in [3.63, 3.8) is 0 Å². The van der Waals surface area contributed by atoms with Crippen LogP contribution >= 0.6 is 0 Å². The number of methoxy groups -OCH3 is 1. The Labute approximate surface area is 124 Å². The highest BCUT2D eigenvalue weighted by Crippen LogP contribution is 2.51. The Morgan fingerprint density at radius 1 is 1.19 bits per heavy atom. The summed E-state index contributed by atoms with van der Waals surface area (Å²) in [5.41, 5.74) is 8.05. The van der Waals surface area contributed by atoms with E-state index in [0.29, 0.717) is 36.4 Å². The molecule has 5 nitrogen and oxygen atoms in total. The number of nitrogens with two attached hydrogens (primary N) is 1. The van der Waals surface area contributed by atoms with Crippen molar-refractivity contribution in [3.05, 3.63) is 16.7 Å². The van der Waals surface area contributed by atoms with Crippen molar-refractivity contribution >= 4 is 5.78 Å². The molecule has 0 aliphatic carbocycles. The zero-order valence-corrected chi connectivity index (χ0v) is 12.7. The second-order valence-corrected chi connectivity index (χ2v) is 5.75. The van der Waals surface area contributed by atoms with Crippen molar-refractivity contribution in [1.82, 2.24) is 0 Å². The number of fused-ring (bicyclic) bond motifs is 2. The van der Waals surface area contributed by atoms with E-state index in [-0.39, 0.29) is 18.0 Å². The van der Waals surface area contributed by atoms with Gasteiger partial charge < -0.3 is 19.9 Å². The summed E-state index contributed by atoms with van der Waals surface area (Å²) in [6.07, 6.45) is 1.82. The summed E-state index contributed by atoms with van der Waals surface area (Å²) in [4.78, 5) is 12.5. The van der Waals surface area contributed by atoms with E-state index >= 15 is 0 Å². The van der Waals surface area contributed by atoms with E-state index in [9.17, 15) is 4.79 Å². The van der Waals surface area contributed by atoms with Gasteiger partial charge in [0.2, 0.25) is 0 Å². The second kappa shape index (κ2) is 5.22. The fraction of sp³-hybridized carbons (Fsp3) is 0.562. The first kappa shape index (κ1) is 14.2. The fourth-order valence-electron chi connectivity index (χ4n) is 3.24. The maximum atomic E-state index is 12.5. The topological polar surface area (TPSA) is 70.8 Å². The standard InChI is InChI=1S/C16H21NO4/c1-8-6-10-13(12(18)4-5-17)14-11(7-9(2)20-14)15(19-3)16(10)21-8/h8-9H,4-7,17H2,1-3H3. The number of ketones is 1. The molecule has 1 aromatic rings. The molecule has 2 atom stereocenters. The van der Waals surface area contributed by atoms with Gasteiger partial charge in [-0.2, -0.15) is 0 Å². The van der Waals surface area contributed by atoms with Crippen LogP contribution in [0.4, 0.5) is 0 Å². The zero-order valence-electron chi connectivity index (χ0n) is 12.7. The van der Waals surface area contributed by atoms with E-state index in [0.717, 1.165) is 23.3 Å². The van der Waals surface area contributed by atoms with Gasteiger partial charge in [0.1, 0.15) is 18.0 Å². The Balaban J connectivity index is 2.22. The molecule has 114 valence electrons. The Morgan fingerprint density at radius 2 is 1.81 bits per heavy atom. The van der Waals surface area contributed by atoms with Crippen LogP contribution in [0.1, 0.15) is 41.8 Å². The third-order valence-corrected chi connectivity index (χ3v) is 4.03. The average molecular weight is 291 g/mol. The summed E-state index contributed by atoms with van der Waals surface area (Å²) in [6, 6.07) is 0. The minimum Gasteiger partial charge on any atom is -0.492 e. The van der Waals surface area contributed by atoms with Gasteiger partial charge in [-0.15, -0.1) is 0 Å². The summed E-state index contributed by atoms with van der Waals surface area (Å²) in [5, 5.41) is 0. The monoisotopic (exact) mass is 291 g/mol. The third-order valence-electron chi connectivity index (χ3n) is 4.03. The Kier molecular flexibility index (Phi) is 3.53. The molecule has 2 aliphatic heterocycles. The van der Waals surface area contributed by atoms with Crippen molar-refractivity contribution in [2.75, 3.05) is 13.7 Å². The first-order valence-electron chi connectivity index (χ1n) is 7.39. The molecule has 2 unspecified atom stereocenters. The highest BCUT2D eigenvalue weighted by molar-refractivity contribution is 6.02. The van der Waals surface area contributed by atoms with Gasteiger partial charge in [0, 0.05) is 30.4 Å². The molecule has 0 aromatic heterocycles. The second-order valence-electron chi connectivity index (χ2n) is 5.75. The lowest BCUT2D eigenvalue weighted by Crippen LogP contribution is -2.13. The fourth-order valence-corrected chi connectivity index (χ4v) is 3.24. The van der Waals surface area contributed by atoms with Crippen molar-refractivity contribution in [1.29, 1.82) is 0 Å². The number of carbonyl (C=O) groups excluding carboxylic acids is 1. The number of Topliss-reactive ketones (excluding diaryl/α,β-unsaturated/α-hetero) is 1. The van der Waals surface area contributed by atoms with Crippen LogP contribution in [0.25, 0.3) is 0 Å². The van der Waals surface area contributed by atoms with Crippen LogP contribution in [0, 0.1) is 0 Å². The highest BCUT2D eigenvalue weighted by Gasteiger charge is 2.38. The predicted molar refractivity (Wildman–Crippen MR) is 78.6 cm³/mol. The number of hydrogen-bond acceptors (Lipinski definition) is 5. The van der Waals surface area contributed by atoms with Gasteiger partial charge in [-0.3, -0.25) is 4.79 Å². The van der Waals surface area contributed by atoms with Gasteiger partial charge in [-0.25, -0.2) is 0 Å². The van der Waals surface area contributed by atoms with Crippen LogP contribution < -0.4 is 19.9 Å². The molecule has 3 rings (SSSR count). The summed E-state index contributed by atoms with van der Waals surface area (Å²) in [5.74, 6) is 2.13. The molecule has 0 saturated heterocycles. The Morgan fingerprint density at radius 3 is 2.43 bits per heavy atom. The van der Waals surface area contributed by atoms with E-state index in [2.05, 4.69) is 0 Å². The van der Waals surface area contributed by atoms with Crippen molar-refractivity contribution in [2.24, 2.45) is 5.73 Å². The van der Waals surface area contributed by atoms with E-state index in [4.69, 9.17) is 19.9 Å². The summed E-state index contributed by atoms with van der Waals surface area (Å²) in [6.45, 7) is 4.32. The molecule has 0 spiro atoms. The van der Waals surface area contributed by atoms with Gasteiger partial charge in [0.05, 0.1) is 12.7 Å². The van der Waals surface area contributed by atoms with Crippen molar-refractivity contribution in [3.8, 4) is 17.2 Å². The first-order chi connectivity index (χ1) is 10.1. The maximum Gasteiger partial charge on any atom is 0.168 e. The molecule has 2 N–H and O–H groups in total. The molecule has 21 heavy (non-hydrogen) atoms. The van der Waals surface area contributed by atoms with E-state index in [1.54, 1.807) is 7.11 Å². The van der Waals surface area contributed by atoms with Crippen LogP contribution in [0.5, 0.6) is 17.2 Å². The molecule has 2 aliphatic rings. The molecular formula is C16H21NO4. The molecule has 0 bridgehead atoms. The van der Waals surface area contributed by atoms with Crippen LogP contribution in [0.15, 0.2) is 0 Å². The zero-order chi connectivity index (χ0) is 15.1. The Bertz CT molecular complexity index is 557. The van der Waals surface area contributed by atoms with E-state index in [1.165, 1.54) is 0 Å². The molecule has 2 heterocycles. The van der Waals surface area contributed by atoms with Crippen molar-refractivity contribution < 1.29 is 19.0 Å². The molecule has 0 saturated carbocycles. The molecule has 5 heteroatoms. The smallest absolute Gasteiger partial charge is 0.168 e. The first-order valence-corrected chi connectivity index (χ1v) is 7.39. The van der Waals surface area contributed by atoms with Crippen LogP contribution in [-0.4, -0.2) is 31.6 Å². The van der Waals surface area contributed by atoms with Crippen LogP contribution in [0.2, 0.25) is 0 Å². The number of carbonyl (C=O) groups is 1. The lowest BCUT2D eigenvalue weighted by molar-refractivity contribution is 0.0980. The highest BCUT2D eigenvalue weighted by atomic mass is 16.5. The largest absolute Gasteiger partial charge is 0.492 e. The maximum absolute atomic E-state index is 12.5. The molecule has 0 amide bonds. The SMILES string of the molecule is COc1c2c(c(C(=O)CCN)c3c1OC(C)C3)OC(C)C2. The van der Waals surface area contributed by atoms with Crippen LogP contribution in [-0.2, 0) is 12.8 Å². The third kappa shape index (κ3) is 2.16. The molecule has 1 aromatic carbocycles. The molecule has 0 radical (unpaired) electrons. The van der Waals surface area contributed by atoms with Crippen LogP contribution in [0.3, 0.4) is 0 Å². The quantitative estimate of drug-likeness (QED) is 0.858. The number of hydrogen-bond donors (Lipinski definition) is 1. The molecular weight excluding hydrogens is 270 g/mol. The van der Waals surface area contributed by atoms with Gasteiger partial charge in [-0.05, 0) is 20.4 Å². The number of ether oxygens (including phenoxy) is 3. The number of rotatable bonds is 4. The number of benzene rings is 1. The van der Waals surface area contributed by atoms with Crippen molar-refractivity contribution in [2.45, 2.75) is 45.3 Å². The molecule has 0 fully saturated rings. The van der Waals surface area contributed by atoms with E-state index in [1.807, 2.05) is 13.8 Å². The average Bonchev–Trinajstić information content (AvgIpc) is 2.97. The lowest BCUT2D eigenvalue weighted by atomic mass is 9.93.